The second-order valence-electron chi connectivity index (χ2n) is 4.78. The minimum atomic E-state index is -0.918. The smallest absolute Gasteiger partial charge is 0.327 e. The fourth-order valence-electron chi connectivity index (χ4n) is 2.17. The number of thioether (sulfide) groups is 1. The maximum atomic E-state index is 12.2. The van der Waals surface area contributed by atoms with Gasteiger partial charge in [-0.15, -0.1) is 11.8 Å². The number of hydrogen-bond acceptors (Lipinski definition) is 4. The van der Waals surface area contributed by atoms with E-state index in [4.69, 9.17) is 0 Å². The first-order valence-corrected chi connectivity index (χ1v) is 8.28. The first kappa shape index (κ1) is 17.1. The van der Waals surface area contributed by atoms with Gasteiger partial charge in [0.15, 0.2) is 0 Å². The number of hydrogen-bond donors (Lipinski definition) is 3. The van der Waals surface area contributed by atoms with E-state index in [1.54, 1.807) is 11.8 Å². The summed E-state index contributed by atoms with van der Waals surface area (Å²) < 4.78 is 0. The van der Waals surface area contributed by atoms with Crippen molar-refractivity contribution < 1.29 is 14.7 Å². The van der Waals surface area contributed by atoms with Crippen LogP contribution in [0.25, 0.3) is 0 Å². The lowest BCUT2D eigenvalue weighted by molar-refractivity contribution is -0.141. The van der Waals surface area contributed by atoms with Crippen molar-refractivity contribution in [3.63, 3.8) is 0 Å². The van der Waals surface area contributed by atoms with Crippen molar-refractivity contribution in [3.8, 4) is 0 Å². The Kier molecular flexibility index (Phi) is 7.76. The standard InChI is InChI=1S/C13H25N3O3S/c1-3-6-11-16(10(9-20-11)12(17)18)13(19)15-8-5-7-14-4-2/h10-11,14H,3-9H2,1-2H3,(H,15,19)(H,17,18). The third kappa shape index (κ3) is 4.86. The summed E-state index contributed by atoms with van der Waals surface area (Å²) in [5, 5.41) is 15.2. The van der Waals surface area contributed by atoms with Crippen LogP contribution in [-0.2, 0) is 4.79 Å². The maximum Gasteiger partial charge on any atom is 0.327 e. The highest BCUT2D eigenvalue weighted by Gasteiger charge is 2.40. The van der Waals surface area contributed by atoms with Crippen LogP contribution in [0.1, 0.15) is 33.1 Å². The van der Waals surface area contributed by atoms with Crippen molar-refractivity contribution in [1.82, 2.24) is 15.5 Å². The maximum absolute atomic E-state index is 12.2. The predicted molar refractivity (Wildman–Crippen MR) is 81.0 cm³/mol. The number of aliphatic carboxylic acids is 1. The number of carbonyl (C=O) groups excluding carboxylic acids is 1. The van der Waals surface area contributed by atoms with Gasteiger partial charge in [-0.1, -0.05) is 20.3 Å². The fourth-order valence-corrected chi connectivity index (χ4v) is 3.69. The van der Waals surface area contributed by atoms with E-state index in [1.165, 1.54) is 4.90 Å². The molecule has 2 amide bonds. The Bertz CT molecular complexity index is 328. The lowest BCUT2D eigenvalue weighted by Crippen LogP contribution is -2.50. The Balaban J connectivity index is 2.49. The van der Waals surface area contributed by atoms with Gasteiger partial charge in [-0.3, -0.25) is 4.90 Å². The van der Waals surface area contributed by atoms with Gasteiger partial charge in [-0.2, -0.15) is 0 Å². The average Bonchev–Trinajstić information content (AvgIpc) is 2.83. The lowest BCUT2D eigenvalue weighted by Gasteiger charge is -2.27. The van der Waals surface area contributed by atoms with E-state index in [0.29, 0.717) is 12.3 Å². The first-order valence-electron chi connectivity index (χ1n) is 7.23. The van der Waals surface area contributed by atoms with Gasteiger partial charge in [0.25, 0.3) is 0 Å². The molecule has 20 heavy (non-hydrogen) atoms. The van der Waals surface area contributed by atoms with Crippen LogP contribution < -0.4 is 10.6 Å². The molecule has 1 saturated heterocycles. The van der Waals surface area contributed by atoms with Crippen molar-refractivity contribution in [1.29, 1.82) is 0 Å². The zero-order valence-electron chi connectivity index (χ0n) is 12.2. The summed E-state index contributed by atoms with van der Waals surface area (Å²) >= 11 is 1.56. The molecule has 1 aliphatic rings. The van der Waals surface area contributed by atoms with Crippen molar-refractivity contribution in [2.75, 3.05) is 25.4 Å². The Morgan fingerprint density at radius 2 is 2.10 bits per heavy atom. The molecule has 3 N–H and O–H groups in total. The molecular formula is C13H25N3O3S. The summed E-state index contributed by atoms with van der Waals surface area (Å²) in [6, 6.07) is -0.956. The third-order valence-electron chi connectivity index (χ3n) is 3.20. The van der Waals surface area contributed by atoms with Gasteiger partial charge in [0.05, 0.1) is 5.37 Å². The van der Waals surface area contributed by atoms with Gasteiger partial charge in [0.2, 0.25) is 0 Å². The van der Waals surface area contributed by atoms with Crippen LogP contribution in [0.5, 0.6) is 0 Å². The van der Waals surface area contributed by atoms with Gasteiger partial charge in [-0.05, 0) is 25.9 Å². The third-order valence-corrected chi connectivity index (χ3v) is 4.56. The van der Waals surface area contributed by atoms with Crippen LogP contribution in [0.15, 0.2) is 0 Å². The molecule has 1 aliphatic heterocycles. The minimum absolute atomic E-state index is 0.0186. The zero-order valence-corrected chi connectivity index (χ0v) is 13.0. The predicted octanol–water partition coefficient (Wildman–Crippen LogP) is 1.32. The first-order chi connectivity index (χ1) is 9.61. The van der Waals surface area contributed by atoms with Crippen molar-refractivity contribution in [3.05, 3.63) is 0 Å². The minimum Gasteiger partial charge on any atom is -0.480 e. The Labute approximate surface area is 124 Å². The molecule has 0 bridgehead atoms. The number of urea groups is 1. The van der Waals surface area contributed by atoms with Crippen molar-refractivity contribution >= 4 is 23.8 Å². The van der Waals surface area contributed by atoms with E-state index in [-0.39, 0.29) is 11.4 Å². The van der Waals surface area contributed by atoms with E-state index >= 15 is 0 Å². The van der Waals surface area contributed by atoms with Crippen molar-refractivity contribution in [2.24, 2.45) is 0 Å². The highest BCUT2D eigenvalue weighted by atomic mass is 32.2. The largest absolute Gasteiger partial charge is 0.480 e. The van der Waals surface area contributed by atoms with Gasteiger partial charge in [0.1, 0.15) is 6.04 Å². The number of nitrogens with zero attached hydrogens (tertiary/aromatic N) is 1. The highest BCUT2D eigenvalue weighted by Crippen LogP contribution is 2.32. The van der Waals surface area contributed by atoms with Crippen LogP contribution in [0, 0.1) is 0 Å². The van der Waals surface area contributed by atoms with Crippen LogP contribution in [0.4, 0.5) is 4.79 Å². The van der Waals surface area contributed by atoms with Crippen LogP contribution in [0.2, 0.25) is 0 Å². The van der Waals surface area contributed by atoms with Crippen molar-refractivity contribution in [2.45, 2.75) is 44.5 Å². The fraction of sp³-hybridized carbons (Fsp3) is 0.846. The number of rotatable bonds is 8. The quantitative estimate of drug-likeness (QED) is 0.589. The molecule has 0 spiro atoms. The molecule has 0 aromatic heterocycles. The number of carboxylic acids is 1. The summed E-state index contributed by atoms with van der Waals surface area (Å²) in [4.78, 5) is 24.9. The second-order valence-corrected chi connectivity index (χ2v) is 5.99. The van der Waals surface area contributed by atoms with Gasteiger partial charge >= 0.3 is 12.0 Å². The highest BCUT2D eigenvalue weighted by molar-refractivity contribution is 8.00. The van der Waals surface area contributed by atoms with E-state index in [0.717, 1.165) is 32.4 Å². The summed E-state index contributed by atoms with van der Waals surface area (Å²) in [5.41, 5.74) is 0. The summed E-state index contributed by atoms with van der Waals surface area (Å²) in [6.07, 6.45) is 2.62. The Morgan fingerprint density at radius 3 is 2.70 bits per heavy atom. The lowest BCUT2D eigenvalue weighted by atomic mass is 10.2. The molecule has 116 valence electrons. The van der Waals surface area contributed by atoms with Gasteiger partial charge < -0.3 is 15.7 Å². The summed E-state index contributed by atoms with van der Waals surface area (Å²) in [7, 11) is 0. The van der Waals surface area contributed by atoms with E-state index in [2.05, 4.69) is 10.6 Å². The second kappa shape index (κ2) is 9.07. The number of carbonyl (C=O) groups is 2. The molecule has 1 rings (SSSR count). The molecule has 2 unspecified atom stereocenters. The molecule has 0 aromatic rings. The SMILES string of the molecule is CCCC1SCC(C(=O)O)N1C(=O)NCCCNCC. The van der Waals surface area contributed by atoms with Crippen LogP contribution in [0.3, 0.4) is 0 Å². The van der Waals surface area contributed by atoms with E-state index in [1.807, 2.05) is 13.8 Å². The molecule has 0 saturated carbocycles. The van der Waals surface area contributed by atoms with Gasteiger partial charge in [-0.25, -0.2) is 9.59 Å². The molecule has 1 fully saturated rings. The monoisotopic (exact) mass is 303 g/mol. The van der Waals surface area contributed by atoms with Crippen LogP contribution >= 0.6 is 11.8 Å². The average molecular weight is 303 g/mol. The molecule has 7 heteroatoms. The molecule has 0 aromatic carbocycles. The van der Waals surface area contributed by atoms with Gasteiger partial charge in [0, 0.05) is 12.3 Å². The number of amides is 2. The molecule has 6 nitrogen and oxygen atoms in total. The molecule has 0 aliphatic carbocycles. The number of carboxylic acid groups (broad SMARTS) is 1. The molecule has 2 atom stereocenters. The van der Waals surface area contributed by atoms with E-state index < -0.39 is 12.0 Å². The Morgan fingerprint density at radius 1 is 1.35 bits per heavy atom. The number of nitrogens with one attached hydrogen (secondary N) is 2. The van der Waals surface area contributed by atoms with E-state index in [9.17, 15) is 14.7 Å². The molecule has 1 heterocycles. The zero-order chi connectivity index (χ0) is 15.0. The normalized spacial score (nSPS) is 22.0. The molecular weight excluding hydrogens is 278 g/mol. The van der Waals surface area contributed by atoms with Crippen LogP contribution in [-0.4, -0.2) is 58.8 Å². The topological polar surface area (TPSA) is 81.7 Å². The summed E-state index contributed by atoms with van der Waals surface area (Å²) in [6.45, 7) is 6.41. The molecule has 0 radical (unpaired) electrons. The Hall–Kier alpha value is -0.950. The summed E-state index contributed by atoms with van der Waals surface area (Å²) in [5.74, 6) is -0.441.